The number of hydrogen-bond donors (Lipinski definition) is 1. The second kappa shape index (κ2) is 11.4. The molecule has 3 aromatic rings. The molecule has 186 valence electrons. The number of nitrogens with zero attached hydrogens (tertiary/aromatic N) is 1. The number of halogens is 3. The molecule has 1 aliphatic rings. The van der Waals surface area contributed by atoms with Gasteiger partial charge in [0.15, 0.2) is 6.04 Å². The van der Waals surface area contributed by atoms with Crippen molar-refractivity contribution >= 4 is 28.8 Å². The summed E-state index contributed by atoms with van der Waals surface area (Å²) in [6.07, 6.45) is 0.136. The molecular weight excluding hydrogens is 485 g/mol. The lowest BCUT2D eigenvalue weighted by atomic mass is 9.95. The smallest absolute Gasteiger partial charge is 0.351 e. The molecule has 0 aliphatic heterocycles. The molecule has 1 N–H and O–H groups in total. The topological polar surface area (TPSA) is 49.4 Å². The maximum Gasteiger partial charge on any atom is 0.416 e. The van der Waals surface area contributed by atoms with E-state index in [1.807, 2.05) is 6.07 Å². The Bertz CT molecular complexity index is 1240. The van der Waals surface area contributed by atoms with E-state index in [2.05, 4.69) is 17.2 Å². The fourth-order valence-electron chi connectivity index (χ4n) is 4.27. The second-order valence-corrected chi connectivity index (χ2v) is 9.58. The Morgan fingerprint density at radius 2 is 1.72 bits per heavy atom. The molecular formula is C28H25F3N2O2S. The van der Waals surface area contributed by atoms with Crippen LogP contribution in [-0.2, 0) is 15.8 Å². The largest absolute Gasteiger partial charge is 0.416 e. The minimum atomic E-state index is -4.61. The van der Waals surface area contributed by atoms with Gasteiger partial charge in [-0.2, -0.15) is 13.2 Å². The van der Waals surface area contributed by atoms with Crippen LogP contribution >= 0.6 is 11.3 Å². The monoisotopic (exact) mass is 510 g/mol. The van der Waals surface area contributed by atoms with E-state index in [4.69, 9.17) is 0 Å². The van der Waals surface area contributed by atoms with E-state index in [1.165, 1.54) is 23.5 Å². The van der Waals surface area contributed by atoms with Gasteiger partial charge in [0.05, 0.1) is 5.56 Å². The van der Waals surface area contributed by atoms with Crippen LogP contribution in [0.2, 0.25) is 0 Å². The third kappa shape index (κ3) is 6.35. The average Bonchev–Trinajstić information content (AvgIpc) is 3.41. The van der Waals surface area contributed by atoms with Crippen molar-refractivity contribution < 1.29 is 22.8 Å². The zero-order chi connectivity index (χ0) is 25.5. The van der Waals surface area contributed by atoms with Gasteiger partial charge in [-0.25, -0.2) is 0 Å². The number of alkyl halides is 3. The molecule has 1 aromatic heterocycles. The Balaban J connectivity index is 1.77. The van der Waals surface area contributed by atoms with Gasteiger partial charge in [0.1, 0.15) is 0 Å². The molecule has 2 aromatic carbocycles. The first kappa shape index (κ1) is 25.5. The van der Waals surface area contributed by atoms with Crippen LogP contribution in [0.1, 0.15) is 54.1 Å². The number of carbonyl (C=O) groups is 2. The summed E-state index contributed by atoms with van der Waals surface area (Å²) >= 11 is 1.26. The SMILES string of the molecule is O=C(NC1CCCCC1)C(c1cccs1)N(C(=O)C#Cc1ccccc1)c1cccc(C(F)(F)F)c1. The molecule has 2 amide bonds. The zero-order valence-corrected chi connectivity index (χ0v) is 20.2. The molecule has 4 rings (SSSR count). The third-order valence-corrected chi connectivity index (χ3v) is 6.95. The van der Waals surface area contributed by atoms with Crippen LogP contribution in [0.15, 0.2) is 72.1 Å². The van der Waals surface area contributed by atoms with Crippen LogP contribution in [0.25, 0.3) is 0 Å². The number of hydrogen-bond acceptors (Lipinski definition) is 3. The molecule has 0 saturated heterocycles. The van der Waals surface area contributed by atoms with Crippen LogP contribution in [-0.4, -0.2) is 17.9 Å². The maximum absolute atomic E-state index is 13.6. The molecule has 36 heavy (non-hydrogen) atoms. The van der Waals surface area contributed by atoms with Crippen molar-refractivity contribution in [3.8, 4) is 11.8 Å². The molecule has 1 fully saturated rings. The highest BCUT2D eigenvalue weighted by molar-refractivity contribution is 7.10. The minimum absolute atomic E-state index is 0.0393. The predicted molar refractivity (Wildman–Crippen MR) is 134 cm³/mol. The summed E-state index contributed by atoms with van der Waals surface area (Å²) in [7, 11) is 0. The highest BCUT2D eigenvalue weighted by Crippen LogP contribution is 2.36. The summed E-state index contributed by atoms with van der Waals surface area (Å²) in [5, 5.41) is 4.80. The van der Waals surface area contributed by atoms with Gasteiger partial charge < -0.3 is 5.32 Å². The fourth-order valence-corrected chi connectivity index (χ4v) is 5.08. The summed E-state index contributed by atoms with van der Waals surface area (Å²) in [6.45, 7) is 0. The molecule has 1 saturated carbocycles. The lowest BCUT2D eigenvalue weighted by Crippen LogP contribution is -2.47. The number of anilines is 1. The van der Waals surface area contributed by atoms with E-state index in [0.29, 0.717) is 10.4 Å². The molecule has 1 heterocycles. The molecule has 1 aliphatic carbocycles. The van der Waals surface area contributed by atoms with Gasteiger partial charge in [0, 0.05) is 28.1 Å². The van der Waals surface area contributed by atoms with Crippen molar-refractivity contribution in [3.05, 3.63) is 88.1 Å². The predicted octanol–water partition coefficient (Wildman–Crippen LogP) is 6.34. The summed E-state index contributed by atoms with van der Waals surface area (Å²) < 4.78 is 40.6. The van der Waals surface area contributed by atoms with E-state index in [0.717, 1.165) is 49.1 Å². The molecule has 0 radical (unpaired) electrons. The van der Waals surface area contributed by atoms with Gasteiger partial charge in [0.2, 0.25) is 5.91 Å². The Morgan fingerprint density at radius 1 is 0.972 bits per heavy atom. The Labute approximate surface area is 212 Å². The second-order valence-electron chi connectivity index (χ2n) is 8.60. The average molecular weight is 511 g/mol. The number of thiophene rings is 1. The van der Waals surface area contributed by atoms with Crippen LogP contribution in [0, 0.1) is 11.8 Å². The van der Waals surface area contributed by atoms with Gasteiger partial charge in [0.25, 0.3) is 0 Å². The first-order chi connectivity index (χ1) is 17.3. The van der Waals surface area contributed by atoms with Crippen molar-refractivity contribution in [2.45, 2.75) is 50.4 Å². The van der Waals surface area contributed by atoms with Crippen molar-refractivity contribution in [1.82, 2.24) is 5.32 Å². The number of amides is 2. The maximum atomic E-state index is 13.6. The number of nitrogens with one attached hydrogen (secondary N) is 1. The lowest BCUT2D eigenvalue weighted by Gasteiger charge is -2.31. The van der Waals surface area contributed by atoms with Crippen LogP contribution in [0.3, 0.4) is 0 Å². The third-order valence-electron chi connectivity index (χ3n) is 6.03. The van der Waals surface area contributed by atoms with Crippen molar-refractivity contribution in [1.29, 1.82) is 0 Å². The quantitative estimate of drug-likeness (QED) is 0.407. The van der Waals surface area contributed by atoms with E-state index < -0.39 is 29.6 Å². The normalized spacial score (nSPS) is 14.9. The molecule has 8 heteroatoms. The van der Waals surface area contributed by atoms with Gasteiger partial charge in [-0.15, -0.1) is 11.3 Å². The van der Waals surface area contributed by atoms with Crippen molar-refractivity contribution in [3.63, 3.8) is 0 Å². The van der Waals surface area contributed by atoms with Crippen LogP contribution in [0.4, 0.5) is 18.9 Å². The van der Waals surface area contributed by atoms with Gasteiger partial charge >= 0.3 is 12.1 Å². The Hall–Kier alpha value is -3.57. The molecule has 0 bridgehead atoms. The number of benzene rings is 2. The highest BCUT2D eigenvalue weighted by atomic mass is 32.1. The minimum Gasteiger partial charge on any atom is -0.351 e. The van der Waals surface area contributed by atoms with Gasteiger partial charge in [-0.3, -0.25) is 14.5 Å². The highest BCUT2D eigenvalue weighted by Gasteiger charge is 2.36. The summed E-state index contributed by atoms with van der Waals surface area (Å²) in [6, 6.07) is 15.5. The molecule has 1 unspecified atom stereocenters. The van der Waals surface area contributed by atoms with E-state index in [1.54, 1.807) is 41.8 Å². The van der Waals surface area contributed by atoms with Crippen LogP contribution in [0.5, 0.6) is 0 Å². The summed E-state index contributed by atoms with van der Waals surface area (Å²) in [5.74, 6) is 4.10. The van der Waals surface area contributed by atoms with Crippen molar-refractivity contribution in [2.75, 3.05) is 4.90 Å². The Morgan fingerprint density at radius 3 is 2.39 bits per heavy atom. The number of rotatable bonds is 5. The first-order valence-electron chi connectivity index (χ1n) is 11.7. The Kier molecular flexibility index (Phi) is 8.11. The van der Waals surface area contributed by atoms with Gasteiger partial charge in [-0.1, -0.05) is 55.5 Å². The molecule has 0 spiro atoms. The van der Waals surface area contributed by atoms with Crippen molar-refractivity contribution in [2.24, 2.45) is 0 Å². The molecule has 4 nitrogen and oxygen atoms in total. The fraction of sp³-hybridized carbons (Fsp3) is 0.286. The van der Waals surface area contributed by atoms with E-state index in [9.17, 15) is 22.8 Å². The zero-order valence-electron chi connectivity index (χ0n) is 19.4. The van der Waals surface area contributed by atoms with Gasteiger partial charge in [-0.05, 0) is 54.6 Å². The van der Waals surface area contributed by atoms with E-state index in [-0.39, 0.29) is 11.7 Å². The van der Waals surface area contributed by atoms with E-state index >= 15 is 0 Å². The lowest BCUT2D eigenvalue weighted by molar-refractivity contribution is -0.137. The first-order valence-corrected chi connectivity index (χ1v) is 12.6. The number of carbonyl (C=O) groups excluding carboxylic acids is 2. The molecule has 1 atom stereocenters. The summed E-state index contributed by atoms with van der Waals surface area (Å²) in [4.78, 5) is 28.7. The standard InChI is InChI=1S/C28H25F3N2O2S/c29-28(30,31)21-11-7-14-23(19-21)33(25(34)17-16-20-9-3-1-4-10-20)26(24-15-8-18-36-24)27(35)32-22-12-5-2-6-13-22/h1,3-4,7-11,14-15,18-19,22,26H,2,5-6,12-13H2,(H,32,35). The van der Waals surface area contributed by atoms with Crippen LogP contribution < -0.4 is 10.2 Å². The summed E-state index contributed by atoms with van der Waals surface area (Å²) in [5.41, 5.74) is -0.380.